The van der Waals surface area contributed by atoms with Crippen molar-refractivity contribution in [2.75, 3.05) is 42.9 Å². The predicted octanol–water partition coefficient (Wildman–Crippen LogP) is 4.09. The first kappa shape index (κ1) is 27.3. The van der Waals surface area contributed by atoms with E-state index in [1.54, 1.807) is 36.1 Å². The van der Waals surface area contributed by atoms with Crippen molar-refractivity contribution in [2.45, 2.75) is 26.9 Å². The number of benzene rings is 1. The third-order valence-corrected chi connectivity index (χ3v) is 7.26. The van der Waals surface area contributed by atoms with E-state index >= 15 is 0 Å². The van der Waals surface area contributed by atoms with Crippen LogP contribution in [0.1, 0.15) is 34.2 Å². The molecule has 4 heterocycles. The van der Waals surface area contributed by atoms with E-state index in [1.807, 2.05) is 18.9 Å². The number of amides is 1. The molecule has 10 nitrogen and oxygen atoms in total. The zero-order valence-electron chi connectivity index (χ0n) is 22.7. The lowest BCUT2D eigenvalue weighted by atomic mass is 10.1. The molecule has 1 fully saturated rings. The summed E-state index contributed by atoms with van der Waals surface area (Å²) in [6.07, 6.45) is 0.241. The van der Waals surface area contributed by atoms with Crippen LogP contribution in [0.15, 0.2) is 42.9 Å². The number of hydrogen-bond acceptors (Lipinski definition) is 7. The molecule has 1 N–H and O–H groups in total. The van der Waals surface area contributed by atoms with Crippen molar-refractivity contribution in [3.05, 3.63) is 65.4 Å². The second-order valence-electron chi connectivity index (χ2n) is 9.79. The van der Waals surface area contributed by atoms with Gasteiger partial charge in [0.1, 0.15) is 5.69 Å². The Labute approximate surface area is 229 Å². The molecule has 1 amide bonds. The standard InChI is InChI=1S/C27H30F3N9O/c1-5-37-6-8-38(9-7-37)22-12-20(27(28,29)30)11-21(13-22)33-26(40)19-10-25(17(2)31-14-19)39-16-24(34-35-39)23-15-32-36(4)18(23)3/h10-16H,5-9H2,1-4H3,(H,33,40). The lowest BCUT2D eigenvalue weighted by molar-refractivity contribution is -0.137. The van der Waals surface area contributed by atoms with Gasteiger partial charge in [0.2, 0.25) is 0 Å². The molecule has 0 aliphatic carbocycles. The number of aromatic nitrogens is 6. The highest BCUT2D eigenvalue weighted by atomic mass is 19.4. The van der Waals surface area contributed by atoms with Crippen LogP contribution in [0.2, 0.25) is 0 Å². The van der Waals surface area contributed by atoms with Gasteiger partial charge in [0.15, 0.2) is 0 Å². The highest BCUT2D eigenvalue weighted by Crippen LogP contribution is 2.35. The number of halogens is 3. The molecule has 1 saturated heterocycles. The van der Waals surface area contributed by atoms with Crippen LogP contribution in [-0.2, 0) is 13.2 Å². The minimum atomic E-state index is -4.56. The number of pyridine rings is 1. The molecule has 4 aromatic rings. The zero-order valence-corrected chi connectivity index (χ0v) is 22.7. The van der Waals surface area contributed by atoms with E-state index in [0.717, 1.165) is 43.0 Å². The van der Waals surface area contributed by atoms with Gasteiger partial charge in [0.05, 0.1) is 34.9 Å². The molecule has 0 radical (unpaired) electrons. The largest absolute Gasteiger partial charge is 0.416 e. The van der Waals surface area contributed by atoms with Crippen LogP contribution in [0.3, 0.4) is 0 Å². The number of rotatable bonds is 6. The van der Waals surface area contributed by atoms with Crippen LogP contribution in [0.5, 0.6) is 0 Å². The fourth-order valence-corrected chi connectivity index (χ4v) is 4.69. The van der Waals surface area contributed by atoms with E-state index in [4.69, 9.17) is 0 Å². The van der Waals surface area contributed by atoms with Gasteiger partial charge in [-0.1, -0.05) is 12.1 Å². The van der Waals surface area contributed by atoms with Crippen LogP contribution in [-0.4, -0.2) is 73.3 Å². The summed E-state index contributed by atoms with van der Waals surface area (Å²) in [6, 6.07) is 5.25. The average molecular weight is 554 g/mol. The van der Waals surface area contributed by atoms with Gasteiger partial charge in [-0.05, 0) is 44.7 Å². The Morgan fingerprint density at radius 1 is 1.05 bits per heavy atom. The Morgan fingerprint density at radius 3 is 2.45 bits per heavy atom. The van der Waals surface area contributed by atoms with Crippen LogP contribution in [0, 0.1) is 13.8 Å². The maximum atomic E-state index is 13.8. The number of likely N-dealkylation sites (N-methyl/N-ethyl adjacent to an activating group) is 1. The Balaban J connectivity index is 1.41. The number of alkyl halides is 3. The van der Waals surface area contributed by atoms with E-state index < -0.39 is 17.6 Å². The lowest BCUT2D eigenvalue weighted by Crippen LogP contribution is -2.46. The summed E-state index contributed by atoms with van der Waals surface area (Å²) < 4.78 is 44.5. The lowest BCUT2D eigenvalue weighted by Gasteiger charge is -2.36. The smallest absolute Gasteiger partial charge is 0.369 e. The number of carbonyl (C=O) groups excluding carboxylic acids is 1. The van der Waals surface area contributed by atoms with E-state index in [-0.39, 0.29) is 11.3 Å². The minimum Gasteiger partial charge on any atom is -0.369 e. The Kier molecular flexibility index (Phi) is 7.32. The van der Waals surface area contributed by atoms with Crippen molar-refractivity contribution in [3.63, 3.8) is 0 Å². The van der Waals surface area contributed by atoms with Crippen molar-refractivity contribution in [1.29, 1.82) is 0 Å². The summed E-state index contributed by atoms with van der Waals surface area (Å²) in [7, 11) is 1.83. The fraction of sp³-hybridized carbons (Fsp3) is 0.370. The monoisotopic (exact) mass is 553 g/mol. The van der Waals surface area contributed by atoms with Gasteiger partial charge in [-0.15, -0.1) is 5.10 Å². The quantitative estimate of drug-likeness (QED) is 0.384. The molecule has 210 valence electrons. The Morgan fingerprint density at radius 2 is 1.80 bits per heavy atom. The van der Waals surface area contributed by atoms with E-state index in [2.05, 4.69) is 37.5 Å². The van der Waals surface area contributed by atoms with E-state index in [0.29, 0.717) is 35.9 Å². The molecule has 0 unspecified atom stereocenters. The van der Waals surface area contributed by atoms with Gasteiger partial charge in [0.25, 0.3) is 5.91 Å². The van der Waals surface area contributed by atoms with Crippen LogP contribution in [0.25, 0.3) is 16.9 Å². The van der Waals surface area contributed by atoms with Crippen LogP contribution in [0.4, 0.5) is 24.5 Å². The summed E-state index contributed by atoms with van der Waals surface area (Å²) in [4.78, 5) is 21.7. The highest BCUT2D eigenvalue weighted by Gasteiger charge is 2.32. The van der Waals surface area contributed by atoms with Crippen LogP contribution < -0.4 is 10.2 Å². The first-order valence-electron chi connectivity index (χ1n) is 12.9. The molecular formula is C27H30F3N9O. The van der Waals surface area contributed by atoms with Crippen molar-refractivity contribution >= 4 is 17.3 Å². The van der Waals surface area contributed by atoms with Gasteiger partial charge >= 0.3 is 6.18 Å². The molecule has 13 heteroatoms. The first-order chi connectivity index (χ1) is 19.0. The number of piperazine rings is 1. The maximum Gasteiger partial charge on any atom is 0.416 e. The molecule has 0 saturated carbocycles. The number of carbonyl (C=O) groups is 1. The molecule has 0 spiro atoms. The molecule has 0 bridgehead atoms. The number of nitrogens with zero attached hydrogens (tertiary/aromatic N) is 8. The van der Waals surface area contributed by atoms with Crippen molar-refractivity contribution in [3.8, 4) is 16.9 Å². The van der Waals surface area contributed by atoms with Crippen molar-refractivity contribution in [2.24, 2.45) is 7.05 Å². The minimum absolute atomic E-state index is 0.0602. The highest BCUT2D eigenvalue weighted by molar-refractivity contribution is 6.04. The maximum absolute atomic E-state index is 13.8. The summed E-state index contributed by atoms with van der Waals surface area (Å²) >= 11 is 0. The van der Waals surface area contributed by atoms with Crippen molar-refractivity contribution < 1.29 is 18.0 Å². The molecule has 1 aliphatic heterocycles. The molecule has 5 rings (SSSR count). The van der Waals surface area contributed by atoms with E-state index in [1.165, 1.54) is 10.9 Å². The van der Waals surface area contributed by atoms with Gasteiger partial charge in [-0.3, -0.25) is 14.5 Å². The molecule has 1 aromatic carbocycles. The van der Waals surface area contributed by atoms with Gasteiger partial charge in [0, 0.05) is 62.1 Å². The van der Waals surface area contributed by atoms with E-state index in [9.17, 15) is 18.0 Å². The molecule has 40 heavy (non-hydrogen) atoms. The average Bonchev–Trinajstić information content (AvgIpc) is 3.54. The second kappa shape index (κ2) is 10.7. The predicted molar refractivity (Wildman–Crippen MR) is 145 cm³/mol. The molecule has 0 atom stereocenters. The molecular weight excluding hydrogens is 523 g/mol. The molecule has 1 aliphatic rings. The summed E-state index contributed by atoms with van der Waals surface area (Å²) in [5, 5.41) is 15.3. The third kappa shape index (κ3) is 5.55. The summed E-state index contributed by atoms with van der Waals surface area (Å²) in [6.45, 7) is 9.37. The van der Waals surface area contributed by atoms with Crippen LogP contribution >= 0.6 is 0 Å². The van der Waals surface area contributed by atoms with Gasteiger partial charge in [-0.25, -0.2) is 4.68 Å². The third-order valence-electron chi connectivity index (χ3n) is 7.26. The first-order valence-corrected chi connectivity index (χ1v) is 12.9. The van der Waals surface area contributed by atoms with Gasteiger partial charge < -0.3 is 15.1 Å². The second-order valence-corrected chi connectivity index (χ2v) is 9.79. The molecule has 3 aromatic heterocycles. The number of nitrogens with one attached hydrogen (secondary N) is 1. The number of hydrogen-bond donors (Lipinski definition) is 1. The zero-order chi connectivity index (χ0) is 28.6. The van der Waals surface area contributed by atoms with Gasteiger partial charge in [-0.2, -0.15) is 18.3 Å². The van der Waals surface area contributed by atoms with Crippen molar-refractivity contribution in [1.82, 2.24) is 34.7 Å². The fourth-order valence-electron chi connectivity index (χ4n) is 4.69. The normalized spacial score (nSPS) is 14.5. The summed E-state index contributed by atoms with van der Waals surface area (Å²) in [5.74, 6) is -0.585. The Bertz CT molecular complexity index is 1530. The summed E-state index contributed by atoms with van der Waals surface area (Å²) in [5.41, 5.74) is 3.31. The number of aryl methyl sites for hydroxylation is 2. The Hall–Kier alpha value is -4.26. The number of anilines is 2. The SMILES string of the molecule is CCN1CCN(c2cc(NC(=O)c3cnc(C)c(-n4cc(-c5cnn(C)c5C)nn4)c3)cc(C(F)(F)F)c2)CC1. The topological polar surface area (TPSA) is 97.0 Å².